The Morgan fingerprint density at radius 3 is 2.16 bits per heavy atom. The van der Waals surface area contributed by atoms with Crippen molar-refractivity contribution in [2.45, 2.75) is 66.8 Å². The first-order chi connectivity index (χ1) is 8.67. The predicted octanol–water partition coefficient (Wildman–Crippen LogP) is 4.72. The van der Waals surface area contributed by atoms with E-state index in [1.807, 2.05) is 6.92 Å². The van der Waals surface area contributed by atoms with Crippen LogP contribution in [0.15, 0.2) is 12.1 Å². The number of nitrogens with one attached hydrogen (secondary N) is 1. The zero-order chi connectivity index (χ0) is 14.3. The molecule has 1 aromatic rings. The minimum absolute atomic E-state index is 0.422. The topological polar surface area (TPSA) is 24.9 Å². The molecular formula is C17H28N2. The minimum Gasteiger partial charge on any atom is -0.381 e. The van der Waals surface area contributed by atoms with E-state index >= 15 is 0 Å². The maximum absolute atomic E-state index is 4.55. The molecule has 1 N–H and O–H groups in total. The van der Waals surface area contributed by atoms with Crippen LogP contribution in [0.25, 0.3) is 0 Å². The van der Waals surface area contributed by atoms with E-state index in [0.29, 0.717) is 16.9 Å². The maximum atomic E-state index is 4.55. The van der Waals surface area contributed by atoms with Crippen molar-refractivity contribution in [3.8, 4) is 0 Å². The number of pyridine rings is 1. The first-order valence-electron chi connectivity index (χ1n) is 7.38. The molecule has 0 aromatic carbocycles. The first kappa shape index (κ1) is 14.4. The van der Waals surface area contributed by atoms with Gasteiger partial charge in [-0.2, -0.15) is 0 Å². The van der Waals surface area contributed by atoms with E-state index < -0.39 is 0 Å². The number of nitrogens with zero attached hydrogens (tertiary/aromatic N) is 1. The van der Waals surface area contributed by atoms with Crippen LogP contribution in [0.4, 0.5) is 5.69 Å². The van der Waals surface area contributed by atoms with Gasteiger partial charge in [-0.25, -0.2) is 0 Å². The second kappa shape index (κ2) is 4.81. The molecular weight excluding hydrogens is 232 g/mol. The average molecular weight is 260 g/mol. The molecule has 0 radical (unpaired) electrons. The van der Waals surface area contributed by atoms with Crippen LogP contribution in [0.3, 0.4) is 0 Å². The molecule has 1 fully saturated rings. The number of anilines is 1. The van der Waals surface area contributed by atoms with Crippen molar-refractivity contribution >= 4 is 5.69 Å². The Hall–Kier alpha value is -1.05. The van der Waals surface area contributed by atoms with Crippen molar-refractivity contribution < 1.29 is 0 Å². The molecule has 1 heterocycles. The van der Waals surface area contributed by atoms with E-state index in [1.165, 1.54) is 24.9 Å². The molecule has 0 atom stereocenters. The van der Waals surface area contributed by atoms with E-state index in [2.05, 4.69) is 57.1 Å². The molecule has 2 rings (SSSR count). The van der Waals surface area contributed by atoms with Crippen LogP contribution in [0.5, 0.6) is 0 Å². The molecule has 1 aromatic heterocycles. The predicted molar refractivity (Wildman–Crippen MR) is 82.5 cm³/mol. The van der Waals surface area contributed by atoms with Crippen LogP contribution in [0, 0.1) is 24.7 Å². The van der Waals surface area contributed by atoms with Crippen molar-refractivity contribution in [1.29, 1.82) is 0 Å². The zero-order valence-electron chi connectivity index (χ0n) is 13.3. The molecule has 106 valence electrons. The lowest BCUT2D eigenvalue weighted by Crippen LogP contribution is -2.40. The van der Waals surface area contributed by atoms with E-state index in [4.69, 9.17) is 0 Å². The molecule has 1 aliphatic carbocycles. The Balaban J connectivity index is 2.14. The largest absolute Gasteiger partial charge is 0.381 e. The summed E-state index contributed by atoms with van der Waals surface area (Å²) >= 11 is 0. The van der Waals surface area contributed by atoms with Gasteiger partial charge in [0.15, 0.2) is 0 Å². The van der Waals surface area contributed by atoms with Gasteiger partial charge in [-0.3, -0.25) is 4.98 Å². The summed E-state index contributed by atoms with van der Waals surface area (Å²) in [6.07, 6.45) is 3.79. The SMILES string of the molecule is Cc1ccc(NC2CC(C)(C)CC(C)(C)C2)c(C)n1. The summed E-state index contributed by atoms with van der Waals surface area (Å²) in [5.41, 5.74) is 4.24. The van der Waals surface area contributed by atoms with Gasteiger partial charge in [-0.05, 0) is 56.1 Å². The lowest BCUT2D eigenvalue weighted by atomic mass is 9.63. The Morgan fingerprint density at radius 2 is 1.63 bits per heavy atom. The standard InChI is InChI=1S/C17H28N2/c1-12-7-8-15(13(2)18-12)19-14-9-16(3,4)11-17(5,6)10-14/h7-8,14,19H,9-11H2,1-6H3. The fourth-order valence-electron chi connectivity index (χ4n) is 4.01. The van der Waals surface area contributed by atoms with E-state index in [0.717, 1.165) is 11.4 Å². The number of hydrogen-bond donors (Lipinski definition) is 1. The van der Waals surface area contributed by atoms with Crippen molar-refractivity contribution in [3.63, 3.8) is 0 Å². The van der Waals surface area contributed by atoms with Crippen LogP contribution < -0.4 is 5.32 Å². The molecule has 0 amide bonds. The fraction of sp³-hybridized carbons (Fsp3) is 0.706. The van der Waals surface area contributed by atoms with Gasteiger partial charge < -0.3 is 5.32 Å². The van der Waals surface area contributed by atoms with Crippen molar-refractivity contribution in [1.82, 2.24) is 4.98 Å². The first-order valence-corrected chi connectivity index (χ1v) is 7.38. The lowest BCUT2D eigenvalue weighted by Gasteiger charge is -2.45. The molecule has 2 nitrogen and oxygen atoms in total. The maximum Gasteiger partial charge on any atom is 0.0606 e. The normalized spacial score (nSPS) is 22.2. The van der Waals surface area contributed by atoms with Crippen molar-refractivity contribution in [3.05, 3.63) is 23.5 Å². The van der Waals surface area contributed by atoms with E-state index in [1.54, 1.807) is 0 Å². The molecule has 0 saturated heterocycles. The summed E-state index contributed by atoms with van der Waals surface area (Å²) in [5, 5.41) is 3.73. The average Bonchev–Trinajstić information content (AvgIpc) is 2.17. The molecule has 0 aliphatic heterocycles. The molecule has 0 unspecified atom stereocenters. The highest BCUT2D eigenvalue weighted by atomic mass is 14.9. The smallest absolute Gasteiger partial charge is 0.0606 e. The van der Waals surface area contributed by atoms with Gasteiger partial charge in [0.1, 0.15) is 0 Å². The van der Waals surface area contributed by atoms with Crippen LogP contribution in [0.1, 0.15) is 58.3 Å². The lowest BCUT2D eigenvalue weighted by molar-refractivity contribution is 0.105. The summed E-state index contributed by atoms with van der Waals surface area (Å²) < 4.78 is 0. The second-order valence-corrected chi connectivity index (χ2v) is 7.84. The van der Waals surface area contributed by atoms with Gasteiger partial charge in [0, 0.05) is 11.7 Å². The van der Waals surface area contributed by atoms with Gasteiger partial charge >= 0.3 is 0 Å². The summed E-state index contributed by atoms with van der Waals surface area (Å²) in [5.74, 6) is 0. The highest BCUT2D eigenvalue weighted by Crippen LogP contribution is 2.46. The molecule has 19 heavy (non-hydrogen) atoms. The molecule has 1 aliphatic rings. The third kappa shape index (κ3) is 3.71. The molecule has 0 bridgehead atoms. The summed E-state index contributed by atoms with van der Waals surface area (Å²) in [4.78, 5) is 4.55. The number of aromatic nitrogens is 1. The van der Waals surface area contributed by atoms with Crippen LogP contribution in [-0.2, 0) is 0 Å². The summed E-state index contributed by atoms with van der Waals surface area (Å²) in [7, 11) is 0. The van der Waals surface area contributed by atoms with Crippen molar-refractivity contribution in [2.75, 3.05) is 5.32 Å². The number of aryl methyl sites for hydroxylation is 2. The Labute approximate surface area is 118 Å². The Kier molecular flexibility index (Phi) is 3.63. The molecule has 1 saturated carbocycles. The number of rotatable bonds is 2. The van der Waals surface area contributed by atoms with Gasteiger partial charge in [-0.15, -0.1) is 0 Å². The van der Waals surface area contributed by atoms with Gasteiger partial charge in [0.2, 0.25) is 0 Å². The van der Waals surface area contributed by atoms with E-state index in [-0.39, 0.29) is 0 Å². The quantitative estimate of drug-likeness (QED) is 0.832. The Bertz CT molecular complexity index is 444. The monoisotopic (exact) mass is 260 g/mol. The van der Waals surface area contributed by atoms with Gasteiger partial charge in [-0.1, -0.05) is 27.7 Å². The van der Waals surface area contributed by atoms with E-state index in [9.17, 15) is 0 Å². The molecule has 2 heteroatoms. The second-order valence-electron chi connectivity index (χ2n) is 7.84. The third-order valence-corrected chi connectivity index (χ3v) is 4.14. The van der Waals surface area contributed by atoms with Gasteiger partial charge in [0.25, 0.3) is 0 Å². The minimum atomic E-state index is 0.422. The summed E-state index contributed by atoms with van der Waals surface area (Å²) in [6, 6.07) is 4.82. The fourth-order valence-corrected chi connectivity index (χ4v) is 4.01. The van der Waals surface area contributed by atoms with Crippen molar-refractivity contribution in [2.24, 2.45) is 10.8 Å². The van der Waals surface area contributed by atoms with Gasteiger partial charge in [0.05, 0.1) is 11.4 Å². The number of hydrogen-bond acceptors (Lipinski definition) is 2. The highest BCUT2D eigenvalue weighted by molar-refractivity contribution is 5.48. The van der Waals surface area contributed by atoms with Crippen LogP contribution >= 0.6 is 0 Å². The molecule has 0 spiro atoms. The Morgan fingerprint density at radius 1 is 1.05 bits per heavy atom. The highest BCUT2D eigenvalue weighted by Gasteiger charge is 2.38. The van der Waals surface area contributed by atoms with Crippen LogP contribution in [-0.4, -0.2) is 11.0 Å². The van der Waals surface area contributed by atoms with Crippen LogP contribution in [0.2, 0.25) is 0 Å². The zero-order valence-corrected chi connectivity index (χ0v) is 13.3. The third-order valence-electron chi connectivity index (χ3n) is 4.14. The summed E-state index contributed by atoms with van der Waals surface area (Å²) in [6.45, 7) is 13.7.